The number of hydrogen-bond acceptors (Lipinski definition) is 4. The van der Waals surface area contributed by atoms with Gasteiger partial charge in [-0.15, -0.1) is 0 Å². The molecule has 0 saturated carbocycles. The lowest BCUT2D eigenvalue weighted by Crippen LogP contribution is -2.16. The largest absolute Gasteiger partial charge is 0.496 e. The van der Waals surface area contributed by atoms with E-state index in [1.807, 2.05) is 12.1 Å². The van der Waals surface area contributed by atoms with Crippen LogP contribution in [-0.2, 0) is 6.42 Å². The molecule has 1 atom stereocenters. The zero-order chi connectivity index (χ0) is 12.8. The molecular formula is C13H21NO3. The Morgan fingerprint density at radius 3 is 2.35 bits per heavy atom. The number of nitrogens with two attached hydrogens (primary N) is 1. The number of rotatable bonds is 6. The first kappa shape index (κ1) is 13.8. The maximum Gasteiger partial charge on any atom is 0.124 e. The molecule has 96 valence electrons. The smallest absolute Gasteiger partial charge is 0.124 e. The van der Waals surface area contributed by atoms with Crippen LogP contribution in [-0.4, -0.2) is 25.9 Å². The van der Waals surface area contributed by atoms with Gasteiger partial charge in [-0.05, 0) is 24.1 Å². The van der Waals surface area contributed by atoms with Crippen LogP contribution in [0.5, 0.6) is 11.5 Å². The lowest BCUT2D eigenvalue weighted by molar-refractivity contribution is 0.264. The summed E-state index contributed by atoms with van der Waals surface area (Å²) in [5.41, 5.74) is 7.70. The van der Waals surface area contributed by atoms with Gasteiger partial charge in [-0.2, -0.15) is 0 Å². The standard InChI is InChI=1S/C13H21NO3/c1-4-5-9-6-13(17-3)10(11(14)8-15)7-12(9)16-2/h6-7,11,15H,4-5,8,14H2,1-3H3. The van der Waals surface area contributed by atoms with Crippen molar-refractivity contribution in [3.05, 3.63) is 23.3 Å². The molecule has 0 aliphatic heterocycles. The molecule has 0 aromatic heterocycles. The van der Waals surface area contributed by atoms with Crippen LogP contribution in [0, 0.1) is 0 Å². The number of methoxy groups -OCH3 is 2. The first-order valence-electron chi connectivity index (χ1n) is 5.79. The van der Waals surface area contributed by atoms with Crippen molar-refractivity contribution < 1.29 is 14.6 Å². The Kier molecular flexibility index (Phi) is 5.25. The molecule has 0 amide bonds. The van der Waals surface area contributed by atoms with E-state index in [0.29, 0.717) is 5.75 Å². The van der Waals surface area contributed by atoms with Crippen molar-refractivity contribution in [2.45, 2.75) is 25.8 Å². The molecule has 4 nitrogen and oxygen atoms in total. The Bertz CT molecular complexity index is 366. The van der Waals surface area contributed by atoms with Crippen molar-refractivity contribution in [1.29, 1.82) is 0 Å². The zero-order valence-electron chi connectivity index (χ0n) is 10.7. The van der Waals surface area contributed by atoms with Gasteiger partial charge in [-0.25, -0.2) is 0 Å². The molecule has 0 fully saturated rings. The van der Waals surface area contributed by atoms with Crippen LogP contribution in [0.1, 0.15) is 30.5 Å². The van der Waals surface area contributed by atoms with Crippen LogP contribution in [0.4, 0.5) is 0 Å². The molecule has 4 heteroatoms. The van der Waals surface area contributed by atoms with Gasteiger partial charge >= 0.3 is 0 Å². The third-order valence-electron chi connectivity index (χ3n) is 2.75. The fourth-order valence-corrected chi connectivity index (χ4v) is 1.84. The van der Waals surface area contributed by atoms with E-state index >= 15 is 0 Å². The number of aliphatic hydroxyl groups is 1. The zero-order valence-corrected chi connectivity index (χ0v) is 10.7. The van der Waals surface area contributed by atoms with Gasteiger partial charge in [-0.3, -0.25) is 0 Å². The van der Waals surface area contributed by atoms with Gasteiger partial charge in [0.1, 0.15) is 11.5 Å². The minimum absolute atomic E-state index is 0.118. The fourth-order valence-electron chi connectivity index (χ4n) is 1.84. The minimum Gasteiger partial charge on any atom is -0.496 e. The van der Waals surface area contributed by atoms with Crippen molar-refractivity contribution in [2.24, 2.45) is 5.73 Å². The molecule has 0 bridgehead atoms. The molecule has 0 aliphatic carbocycles. The maximum atomic E-state index is 9.12. The second kappa shape index (κ2) is 6.47. The Labute approximate surface area is 102 Å². The van der Waals surface area contributed by atoms with Gasteiger partial charge in [0.05, 0.1) is 26.9 Å². The van der Waals surface area contributed by atoms with Gasteiger partial charge in [0, 0.05) is 5.56 Å². The topological polar surface area (TPSA) is 64.7 Å². The quantitative estimate of drug-likeness (QED) is 0.792. The summed E-state index contributed by atoms with van der Waals surface area (Å²) < 4.78 is 10.6. The molecule has 17 heavy (non-hydrogen) atoms. The Morgan fingerprint density at radius 2 is 1.88 bits per heavy atom. The van der Waals surface area contributed by atoms with Crippen molar-refractivity contribution in [1.82, 2.24) is 0 Å². The first-order valence-corrected chi connectivity index (χ1v) is 5.79. The van der Waals surface area contributed by atoms with Crippen LogP contribution in [0.2, 0.25) is 0 Å². The molecule has 1 rings (SSSR count). The fraction of sp³-hybridized carbons (Fsp3) is 0.538. The van der Waals surface area contributed by atoms with Crippen LogP contribution in [0.3, 0.4) is 0 Å². The summed E-state index contributed by atoms with van der Waals surface area (Å²) in [6.07, 6.45) is 1.96. The Hall–Kier alpha value is -1.26. The Morgan fingerprint density at radius 1 is 1.24 bits per heavy atom. The van der Waals surface area contributed by atoms with Gasteiger partial charge < -0.3 is 20.3 Å². The molecule has 0 radical (unpaired) electrons. The molecule has 3 N–H and O–H groups in total. The third-order valence-corrected chi connectivity index (χ3v) is 2.75. The monoisotopic (exact) mass is 239 g/mol. The SMILES string of the molecule is CCCc1cc(OC)c(C(N)CO)cc1OC. The summed E-state index contributed by atoms with van der Waals surface area (Å²) in [4.78, 5) is 0. The highest BCUT2D eigenvalue weighted by Gasteiger charge is 2.15. The van der Waals surface area contributed by atoms with Crippen LogP contribution >= 0.6 is 0 Å². The average Bonchev–Trinajstić information content (AvgIpc) is 2.37. The van der Waals surface area contributed by atoms with Gasteiger partial charge in [-0.1, -0.05) is 13.3 Å². The average molecular weight is 239 g/mol. The molecule has 0 aliphatic rings. The van der Waals surface area contributed by atoms with Crippen molar-refractivity contribution in [2.75, 3.05) is 20.8 Å². The normalized spacial score (nSPS) is 12.3. The summed E-state index contributed by atoms with van der Waals surface area (Å²) in [7, 11) is 3.24. The third kappa shape index (κ3) is 3.11. The lowest BCUT2D eigenvalue weighted by Gasteiger charge is -2.17. The number of ether oxygens (including phenoxy) is 2. The van der Waals surface area contributed by atoms with Crippen LogP contribution in [0.25, 0.3) is 0 Å². The number of aryl methyl sites for hydroxylation is 1. The maximum absolute atomic E-state index is 9.12. The first-order chi connectivity index (χ1) is 8.17. The summed E-state index contributed by atoms with van der Waals surface area (Å²) in [5.74, 6) is 1.50. The van der Waals surface area contributed by atoms with E-state index in [9.17, 15) is 0 Å². The Balaban J connectivity index is 3.22. The summed E-state index contributed by atoms with van der Waals surface area (Å²) in [6.45, 7) is 1.99. The molecule has 1 aromatic rings. The van der Waals surface area contributed by atoms with Gasteiger partial charge in [0.2, 0.25) is 0 Å². The molecule has 1 aromatic carbocycles. The number of aliphatic hydroxyl groups excluding tert-OH is 1. The minimum atomic E-state index is -0.450. The van der Waals surface area contributed by atoms with Crippen LogP contribution < -0.4 is 15.2 Å². The van der Waals surface area contributed by atoms with E-state index < -0.39 is 6.04 Å². The van der Waals surface area contributed by atoms with E-state index in [1.165, 1.54) is 0 Å². The van der Waals surface area contributed by atoms with Gasteiger partial charge in [0.15, 0.2) is 0 Å². The summed E-state index contributed by atoms with van der Waals surface area (Å²) in [6, 6.07) is 3.34. The van der Waals surface area contributed by atoms with E-state index in [2.05, 4.69) is 6.92 Å². The molecule has 0 spiro atoms. The lowest BCUT2D eigenvalue weighted by atomic mass is 10.0. The highest BCUT2D eigenvalue weighted by atomic mass is 16.5. The van der Waals surface area contributed by atoms with E-state index in [-0.39, 0.29) is 6.61 Å². The summed E-state index contributed by atoms with van der Waals surface area (Å²) >= 11 is 0. The van der Waals surface area contributed by atoms with E-state index in [4.69, 9.17) is 20.3 Å². The van der Waals surface area contributed by atoms with E-state index in [1.54, 1.807) is 14.2 Å². The predicted molar refractivity (Wildman–Crippen MR) is 67.6 cm³/mol. The molecule has 0 saturated heterocycles. The van der Waals surface area contributed by atoms with Crippen molar-refractivity contribution in [3.63, 3.8) is 0 Å². The predicted octanol–water partition coefficient (Wildman–Crippen LogP) is 1.65. The highest BCUT2D eigenvalue weighted by Crippen LogP contribution is 2.32. The number of benzene rings is 1. The van der Waals surface area contributed by atoms with E-state index in [0.717, 1.165) is 29.7 Å². The highest BCUT2D eigenvalue weighted by molar-refractivity contribution is 5.48. The second-order valence-corrected chi connectivity index (χ2v) is 3.95. The number of hydrogen-bond donors (Lipinski definition) is 2. The molecular weight excluding hydrogens is 218 g/mol. The van der Waals surface area contributed by atoms with Crippen molar-refractivity contribution >= 4 is 0 Å². The molecule has 1 unspecified atom stereocenters. The van der Waals surface area contributed by atoms with Crippen molar-refractivity contribution in [3.8, 4) is 11.5 Å². The van der Waals surface area contributed by atoms with Crippen LogP contribution in [0.15, 0.2) is 12.1 Å². The van der Waals surface area contributed by atoms with Gasteiger partial charge in [0.25, 0.3) is 0 Å². The second-order valence-electron chi connectivity index (χ2n) is 3.95. The molecule has 0 heterocycles. The summed E-state index contributed by atoms with van der Waals surface area (Å²) in [5, 5.41) is 9.12.